The summed E-state index contributed by atoms with van der Waals surface area (Å²) < 4.78 is 68.5. The molecule has 3 unspecified atom stereocenters. The van der Waals surface area contributed by atoms with E-state index in [0.29, 0.717) is 25.7 Å². The van der Waals surface area contributed by atoms with E-state index in [1.54, 1.807) is 0 Å². The van der Waals surface area contributed by atoms with E-state index in [2.05, 4.69) is 34.6 Å². The Hall–Kier alpha value is -1.94. The van der Waals surface area contributed by atoms with Gasteiger partial charge in [0.15, 0.2) is 12.2 Å². The van der Waals surface area contributed by atoms with Crippen LogP contribution >= 0.6 is 15.6 Å². The fourth-order valence-corrected chi connectivity index (χ4v) is 14.0. The Morgan fingerprint density at radius 1 is 0.283 bits per heavy atom. The fourth-order valence-electron chi connectivity index (χ4n) is 12.4. The number of hydrogen-bond donors (Lipinski definition) is 3. The van der Waals surface area contributed by atoms with Crippen LogP contribution in [-0.4, -0.2) is 96.7 Å². The average Bonchev–Trinajstić information content (AvgIpc) is 0.991. The van der Waals surface area contributed by atoms with E-state index in [1.807, 2.05) is 0 Å². The maximum absolute atomic E-state index is 13.1. The van der Waals surface area contributed by atoms with Crippen LogP contribution in [-0.2, 0) is 65.4 Å². The number of unbranched alkanes of at least 4 members (excludes halogenated alkanes) is 51. The molecule has 0 rings (SSSR count). The summed E-state index contributed by atoms with van der Waals surface area (Å²) in [6, 6.07) is 0. The SMILES string of the molecule is CCCCCCCCCCCCCCCCCCCC(=O)OC[C@H](COP(=O)(O)OC[C@@H](O)COP(=O)(O)OC[C@@H](COC(=O)CCCCCCCCC)OC(=O)CCCCCCCCCCCCCCC)OC(=O)CCCCCCCCCCCCCCCCCCCCC(C)CC. The van der Waals surface area contributed by atoms with Gasteiger partial charge in [-0.2, -0.15) is 0 Å². The molecule has 99 heavy (non-hydrogen) atoms. The molecular formula is C80H156O17P2. The summed E-state index contributed by atoms with van der Waals surface area (Å²) in [5.41, 5.74) is 0. The molecule has 0 fully saturated rings. The molecule has 0 amide bonds. The number of hydrogen-bond acceptors (Lipinski definition) is 15. The first-order valence-corrected chi connectivity index (χ1v) is 44.7. The summed E-state index contributed by atoms with van der Waals surface area (Å²) >= 11 is 0. The van der Waals surface area contributed by atoms with Gasteiger partial charge in [-0.3, -0.25) is 37.3 Å². The van der Waals surface area contributed by atoms with Gasteiger partial charge in [0, 0.05) is 25.7 Å². The molecule has 588 valence electrons. The molecule has 6 atom stereocenters. The molecule has 0 aliphatic heterocycles. The molecule has 0 aliphatic rings. The zero-order valence-electron chi connectivity index (χ0n) is 64.6. The largest absolute Gasteiger partial charge is 0.472 e. The minimum Gasteiger partial charge on any atom is -0.462 e. The van der Waals surface area contributed by atoms with E-state index in [-0.39, 0.29) is 25.7 Å². The van der Waals surface area contributed by atoms with Crippen molar-refractivity contribution in [3.8, 4) is 0 Å². The Bertz CT molecular complexity index is 1890. The Kier molecular flexibility index (Phi) is 71.6. The van der Waals surface area contributed by atoms with Crippen LogP contribution in [0.25, 0.3) is 0 Å². The Morgan fingerprint density at radius 3 is 0.717 bits per heavy atom. The van der Waals surface area contributed by atoms with Crippen molar-refractivity contribution in [2.45, 2.75) is 445 Å². The van der Waals surface area contributed by atoms with Crippen molar-refractivity contribution in [3.05, 3.63) is 0 Å². The van der Waals surface area contributed by atoms with Crippen LogP contribution in [0, 0.1) is 5.92 Å². The van der Waals surface area contributed by atoms with Crippen molar-refractivity contribution < 1.29 is 80.2 Å². The lowest BCUT2D eigenvalue weighted by molar-refractivity contribution is -0.161. The summed E-state index contributed by atoms with van der Waals surface area (Å²) in [7, 11) is -9.91. The topological polar surface area (TPSA) is 237 Å². The number of ether oxygens (including phenoxy) is 4. The van der Waals surface area contributed by atoms with Crippen molar-refractivity contribution in [1.82, 2.24) is 0 Å². The molecule has 17 nitrogen and oxygen atoms in total. The van der Waals surface area contributed by atoms with Crippen LogP contribution in [0.15, 0.2) is 0 Å². The molecular weight excluding hydrogens is 1290 g/mol. The van der Waals surface area contributed by atoms with Gasteiger partial charge in [-0.15, -0.1) is 0 Å². The number of aliphatic hydroxyl groups excluding tert-OH is 1. The van der Waals surface area contributed by atoms with Gasteiger partial charge in [0.05, 0.1) is 26.4 Å². The maximum Gasteiger partial charge on any atom is 0.472 e. The van der Waals surface area contributed by atoms with Crippen molar-refractivity contribution in [2.75, 3.05) is 39.6 Å². The van der Waals surface area contributed by atoms with Crippen LogP contribution in [0.4, 0.5) is 0 Å². The third-order valence-electron chi connectivity index (χ3n) is 19.1. The second kappa shape index (κ2) is 73.0. The quantitative estimate of drug-likeness (QED) is 0.0222. The van der Waals surface area contributed by atoms with Crippen LogP contribution < -0.4 is 0 Å². The number of carbonyl (C=O) groups is 4. The minimum atomic E-state index is -4.96. The van der Waals surface area contributed by atoms with E-state index in [9.17, 15) is 43.2 Å². The first-order valence-electron chi connectivity index (χ1n) is 41.7. The summed E-state index contributed by atoms with van der Waals surface area (Å²) in [6.45, 7) is 7.35. The van der Waals surface area contributed by atoms with Gasteiger partial charge < -0.3 is 33.8 Å². The van der Waals surface area contributed by atoms with Gasteiger partial charge >= 0.3 is 39.5 Å². The summed E-state index contributed by atoms with van der Waals surface area (Å²) in [5.74, 6) is -1.24. The molecule has 0 aromatic heterocycles. The van der Waals surface area contributed by atoms with Crippen LogP contribution in [0.2, 0.25) is 0 Å². The number of phosphoric ester groups is 2. The van der Waals surface area contributed by atoms with Crippen molar-refractivity contribution >= 4 is 39.5 Å². The molecule has 0 heterocycles. The lowest BCUT2D eigenvalue weighted by atomic mass is 9.99. The normalized spacial score (nSPS) is 14.1. The lowest BCUT2D eigenvalue weighted by Gasteiger charge is -2.21. The van der Waals surface area contributed by atoms with Gasteiger partial charge in [-0.25, -0.2) is 9.13 Å². The molecule has 0 aromatic carbocycles. The first kappa shape index (κ1) is 97.1. The average molecular weight is 1450 g/mol. The highest BCUT2D eigenvalue weighted by Gasteiger charge is 2.30. The van der Waals surface area contributed by atoms with Gasteiger partial charge in [0.2, 0.25) is 0 Å². The predicted molar refractivity (Wildman–Crippen MR) is 405 cm³/mol. The number of rotatable bonds is 80. The zero-order chi connectivity index (χ0) is 72.7. The molecule has 0 saturated carbocycles. The molecule has 0 saturated heterocycles. The van der Waals surface area contributed by atoms with E-state index in [1.165, 1.54) is 238 Å². The van der Waals surface area contributed by atoms with Crippen molar-refractivity contribution in [3.63, 3.8) is 0 Å². The van der Waals surface area contributed by atoms with E-state index < -0.39 is 97.5 Å². The van der Waals surface area contributed by atoms with Crippen LogP contribution in [0.3, 0.4) is 0 Å². The molecule has 0 bridgehead atoms. The monoisotopic (exact) mass is 1450 g/mol. The minimum absolute atomic E-state index is 0.108. The second-order valence-corrected chi connectivity index (χ2v) is 32.0. The molecule has 3 N–H and O–H groups in total. The summed E-state index contributed by atoms with van der Waals surface area (Å²) in [6.07, 6.45) is 63.9. The predicted octanol–water partition coefficient (Wildman–Crippen LogP) is 24.0. The smallest absolute Gasteiger partial charge is 0.462 e. The van der Waals surface area contributed by atoms with Crippen molar-refractivity contribution in [2.24, 2.45) is 5.92 Å². The molecule has 0 radical (unpaired) electrons. The highest BCUT2D eigenvalue weighted by molar-refractivity contribution is 7.47. The number of esters is 4. The van der Waals surface area contributed by atoms with E-state index in [4.69, 9.17) is 37.0 Å². The van der Waals surface area contributed by atoms with Crippen LogP contribution in [0.1, 0.15) is 426 Å². The van der Waals surface area contributed by atoms with Gasteiger partial charge in [0.25, 0.3) is 0 Å². The fraction of sp³-hybridized carbons (Fsp3) is 0.950. The standard InChI is InChI=1S/C80H156O17P2/c1-6-10-13-16-19-21-23-25-26-29-33-37-40-44-49-54-59-64-78(83)91-70-76(97-80(85)66-61-56-51-46-42-38-34-31-28-27-30-32-36-39-43-48-52-57-62-73(5)9-4)72-95-99(88,89)93-68-74(81)67-92-98(86,87)94-71-75(69-90-77(82)63-58-53-47-18-15-12-8-3)96-79(84)65-60-55-50-45-41-35-24-22-20-17-14-11-7-2/h73-76,81H,6-72H2,1-5H3,(H,86,87)(H,88,89)/t73?,74-,75+,76+/m0/s1. The molecule has 0 spiro atoms. The Morgan fingerprint density at radius 2 is 0.485 bits per heavy atom. The van der Waals surface area contributed by atoms with E-state index >= 15 is 0 Å². The molecule has 19 heteroatoms. The van der Waals surface area contributed by atoms with Gasteiger partial charge in [-0.05, 0) is 31.6 Å². The number of carbonyl (C=O) groups excluding carboxylic acids is 4. The maximum atomic E-state index is 13.1. The first-order chi connectivity index (χ1) is 48.1. The van der Waals surface area contributed by atoms with E-state index in [0.717, 1.165) is 109 Å². The van der Waals surface area contributed by atoms with Crippen LogP contribution in [0.5, 0.6) is 0 Å². The third-order valence-corrected chi connectivity index (χ3v) is 21.0. The van der Waals surface area contributed by atoms with Gasteiger partial charge in [-0.1, -0.05) is 375 Å². The number of aliphatic hydroxyl groups is 1. The number of phosphoric acid groups is 2. The Balaban J connectivity index is 5.16. The lowest BCUT2D eigenvalue weighted by Crippen LogP contribution is -2.30. The molecule has 0 aliphatic carbocycles. The highest BCUT2D eigenvalue weighted by atomic mass is 31.2. The third kappa shape index (κ3) is 72.8. The summed E-state index contributed by atoms with van der Waals surface area (Å²) in [4.78, 5) is 72.8. The molecule has 0 aromatic rings. The highest BCUT2D eigenvalue weighted by Crippen LogP contribution is 2.45. The summed E-state index contributed by atoms with van der Waals surface area (Å²) in [5, 5.41) is 10.6. The van der Waals surface area contributed by atoms with Gasteiger partial charge in [0.1, 0.15) is 19.3 Å². The van der Waals surface area contributed by atoms with Crippen molar-refractivity contribution in [1.29, 1.82) is 0 Å². The zero-order valence-corrected chi connectivity index (χ0v) is 66.4. The second-order valence-electron chi connectivity index (χ2n) is 29.1. The Labute approximate surface area is 607 Å².